The molecule has 0 radical (unpaired) electrons. The lowest BCUT2D eigenvalue weighted by Gasteiger charge is -2.45. The average molecular weight is 810 g/mol. The van der Waals surface area contributed by atoms with E-state index in [-0.39, 0.29) is 0 Å². The number of para-hydroxylation sites is 4. The Labute approximate surface area is 367 Å². The van der Waals surface area contributed by atoms with Crippen molar-refractivity contribution in [3.8, 4) is 11.1 Å². The highest BCUT2D eigenvalue weighted by Crippen LogP contribution is 2.63. The largest absolute Gasteiger partial charge is 0.456 e. The standard InChI is InChI=1S/C59H43N3O/c1-3-52(61-58(46-25-17-19-38-18-7-8-22-42(38)46)57(60-2)40-32-34-45-44-24-10-16-31-55(44)63-56(45)37-40)39-33-35-49-47(36-39)43-23-9-11-26-48(43)59(49)50-27-12-14-29-53(50)62(41-20-5-4-6-21-41)54-30-15-13-28-51(54)59/h4-37,60H,3H2,1-2H3. The first kappa shape index (κ1) is 36.9. The molecule has 0 fully saturated rings. The van der Waals surface area contributed by atoms with Gasteiger partial charge >= 0.3 is 0 Å². The number of aliphatic imine (C=N–C) groups is 1. The van der Waals surface area contributed by atoms with Crippen molar-refractivity contribution < 1.29 is 4.42 Å². The molecule has 0 unspecified atom stereocenters. The van der Waals surface area contributed by atoms with Gasteiger partial charge in [-0.25, -0.2) is 4.99 Å². The quantitative estimate of drug-likeness (QED) is 0.129. The van der Waals surface area contributed by atoms with Crippen molar-refractivity contribution in [1.82, 2.24) is 5.32 Å². The summed E-state index contributed by atoms with van der Waals surface area (Å²) in [4.78, 5) is 8.18. The van der Waals surface area contributed by atoms with E-state index in [9.17, 15) is 0 Å². The number of nitrogens with one attached hydrogen (secondary N) is 1. The smallest absolute Gasteiger partial charge is 0.136 e. The summed E-state index contributed by atoms with van der Waals surface area (Å²) in [6.45, 7) is 2.22. The van der Waals surface area contributed by atoms with Crippen LogP contribution in [0.4, 0.5) is 17.1 Å². The van der Waals surface area contributed by atoms with Crippen LogP contribution in [0.25, 0.3) is 55.2 Å². The lowest BCUT2D eigenvalue weighted by Crippen LogP contribution is -2.36. The van der Waals surface area contributed by atoms with Crippen LogP contribution in [-0.4, -0.2) is 12.8 Å². The van der Waals surface area contributed by atoms with E-state index in [4.69, 9.17) is 9.41 Å². The molecule has 0 atom stereocenters. The number of benzene rings is 9. The van der Waals surface area contributed by atoms with Crippen LogP contribution in [0.3, 0.4) is 0 Å². The van der Waals surface area contributed by atoms with Crippen LogP contribution in [0.15, 0.2) is 216 Å². The van der Waals surface area contributed by atoms with Crippen molar-refractivity contribution in [2.24, 2.45) is 4.99 Å². The van der Waals surface area contributed by atoms with E-state index in [1.54, 1.807) is 0 Å². The molecule has 300 valence electrons. The van der Waals surface area contributed by atoms with Gasteiger partial charge in [0.25, 0.3) is 0 Å². The van der Waals surface area contributed by atoms with Gasteiger partial charge in [-0.15, -0.1) is 0 Å². The first-order valence-electron chi connectivity index (χ1n) is 21.9. The van der Waals surface area contributed by atoms with Gasteiger partial charge in [0, 0.05) is 40.3 Å². The molecule has 1 aliphatic heterocycles. The molecular weight excluding hydrogens is 767 g/mol. The fraction of sp³-hybridized carbons (Fsp3) is 0.0678. The molecule has 4 nitrogen and oxygen atoms in total. The molecule has 1 aromatic heterocycles. The highest BCUT2D eigenvalue weighted by Gasteiger charge is 2.51. The molecule has 1 spiro atoms. The Bertz CT molecular complexity index is 3450. The third-order valence-corrected chi connectivity index (χ3v) is 13.3. The maximum Gasteiger partial charge on any atom is 0.136 e. The highest BCUT2D eigenvalue weighted by molar-refractivity contribution is 6.11. The van der Waals surface area contributed by atoms with E-state index in [1.165, 1.54) is 50.1 Å². The fourth-order valence-corrected chi connectivity index (χ4v) is 10.6. The van der Waals surface area contributed by atoms with Crippen LogP contribution in [0.5, 0.6) is 0 Å². The number of hydrogen-bond acceptors (Lipinski definition) is 4. The first-order chi connectivity index (χ1) is 31.2. The van der Waals surface area contributed by atoms with E-state index in [0.29, 0.717) is 0 Å². The Kier molecular flexibility index (Phi) is 8.55. The molecule has 1 aliphatic carbocycles. The van der Waals surface area contributed by atoms with E-state index < -0.39 is 5.41 Å². The number of hydrogen-bond donors (Lipinski definition) is 1. The van der Waals surface area contributed by atoms with Crippen LogP contribution in [0.2, 0.25) is 0 Å². The zero-order valence-electron chi connectivity index (χ0n) is 35.1. The monoisotopic (exact) mass is 809 g/mol. The zero-order chi connectivity index (χ0) is 42.1. The van der Waals surface area contributed by atoms with Crippen molar-refractivity contribution in [1.29, 1.82) is 0 Å². The normalized spacial score (nSPS) is 14.1. The van der Waals surface area contributed by atoms with E-state index in [2.05, 4.69) is 211 Å². The fourth-order valence-electron chi connectivity index (χ4n) is 10.6. The molecule has 2 heterocycles. The molecule has 4 heteroatoms. The SMILES string of the molecule is CCC(=NC(=C(NC)c1ccc2c(c1)oc1ccccc12)c1cccc2ccccc12)c1ccc2c(c1)-c1ccccc1C21c2ccccc2N(c2ccccc2)c2ccccc21. The molecule has 9 aromatic carbocycles. The number of anilines is 3. The van der Waals surface area contributed by atoms with Crippen LogP contribution in [0, 0.1) is 0 Å². The van der Waals surface area contributed by atoms with Crippen LogP contribution >= 0.6 is 0 Å². The third-order valence-electron chi connectivity index (χ3n) is 13.3. The second-order valence-electron chi connectivity index (χ2n) is 16.5. The number of rotatable bonds is 7. The van der Waals surface area contributed by atoms with Gasteiger partial charge in [0.1, 0.15) is 11.2 Å². The van der Waals surface area contributed by atoms with Crippen LogP contribution in [0.1, 0.15) is 52.3 Å². The summed E-state index contributed by atoms with van der Waals surface area (Å²) in [5.74, 6) is 0. The van der Waals surface area contributed by atoms with Gasteiger partial charge in [-0.3, -0.25) is 0 Å². The van der Waals surface area contributed by atoms with E-state index in [0.717, 1.165) is 73.2 Å². The summed E-state index contributed by atoms with van der Waals surface area (Å²) >= 11 is 0. The van der Waals surface area contributed by atoms with Crippen molar-refractivity contribution >= 4 is 66.9 Å². The minimum absolute atomic E-state index is 0.519. The second kappa shape index (κ2) is 14.6. The maximum absolute atomic E-state index is 6.42. The summed E-state index contributed by atoms with van der Waals surface area (Å²) in [6, 6.07) is 74.7. The molecule has 63 heavy (non-hydrogen) atoms. The summed E-state index contributed by atoms with van der Waals surface area (Å²) in [5, 5.41) is 8.15. The molecule has 0 bridgehead atoms. The van der Waals surface area contributed by atoms with Crippen molar-refractivity contribution in [2.45, 2.75) is 18.8 Å². The minimum atomic E-state index is -0.519. The molecule has 1 N–H and O–H groups in total. The minimum Gasteiger partial charge on any atom is -0.456 e. The van der Waals surface area contributed by atoms with Gasteiger partial charge in [-0.05, 0) is 105 Å². The van der Waals surface area contributed by atoms with Gasteiger partial charge in [-0.2, -0.15) is 0 Å². The summed E-state index contributed by atoms with van der Waals surface area (Å²) in [5.41, 5.74) is 18.4. The van der Waals surface area contributed by atoms with Crippen molar-refractivity contribution in [3.05, 3.63) is 245 Å². The maximum atomic E-state index is 6.42. The highest BCUT2D eigenvalue weighted by atomic mass is 16.3. The topological polar surface area (TPSA) is 40.8 Å². The predicted molar refractivity (Wildman–Crippen MR) is 262 cm³/mol. The molecule has 2 aliphatic rings. The number of fused-ring (bicyclic) bond motifs is 13. The van der Waals surface area contributed by atoms with Gasteiger partial charge < -0.3 is 14.6 Å². The van der Waals surface area contributed by atoms with Crippen molar-refractivity contribution in [2.75, 3.05) is 11.9 Å². The van der Waals surface area contributed by atoms with Gasteiger partial charge in [0.2, 0.25) is 0 Å². The third kappa shape index (κ3) is 5.51. The summed E-state index contributed by atoms with van der Waals surface area (Å²) in [7, 11) is 2.00. The molecule has 0 saturated heterocycles. The summed E-state index contributed by atoms with van der Waals surface area (Å²) < 4.78 is 6.42. The molecule has 12 rings (SSSR count). The van der Waals surface area contributed by atoms with Crippen LogP contribution in [-0.2, 0) is 5.41 Å². The average Bonchev–Trinajstić information content (AvgIpc) is 3.86. The molecule has 0 amide bonds. The Hall–Kier alpha value is -7.95. The van der Waals surface area contributed by atoms with Crippen LogP contribution < -0.4 is 10.2 Å². The molecule has 10 aromatic rings. The molecule has 0 saturated carbocycles. The Morgan fingerprint density at radius 1 is 0.524 bits per heavy atom. The summed E-state index contributed by atoms with van der Waals surface area (Å²) in [6.07, 6.45) is 0.733. The van der Waals surface area contributed by atoms with Gasteiger partial charge in [0.05, 0.1) is 28.2 Å². The lowest BCUT2D eigenvalue weighted by molar-refractivity contribution is 0.669. The second-order valence-corrected chi connectivity index (χ2v) is 16.5. The predicted octanol–water partition coefficient (Wildman–Crippen LogP) is 14.8. The van der Waals surface area contributed by atoms with E-state index in [1.807, 2.05) is 19.2 Å². The zero-order valence-corrected chi connectivity index (χ0v) is 35.1. The molecular formula is C59H43N3O. The first-order valence-corrected chi connectivity index (χ1v) is 21.9. The Morgan fingerprint density at radius 3 is 1.92 bits per heavy atom. The van der Waals surface area contributed by atoms with E-state index >= 15 is 0 Å². The number of furan rings is 1. The van der Waals surface area contributed by atoms with Crippen molar-refractivity contribution in [3.63, 3.8) is 0 Å². The lowest BCUT2D eigenvalue weighted by atomic mass is 9.64. The van der Waals surface area contributed by atoms with Gasteiger partial charge in [-0.1, -0.05) is 165 Å². The Balaban J connectivity index is 1.08. The Morgan fingerprint density at radius 2 is 1.14 bits per heavy atom. The van der Waals surface area contributed by atoms with Gasteiger partial charge in [0.15, 0.2) is 0 Å². The number of nitrogens with zero attached hydrogens (tertiary/aromatic N) is 2.